The Labute approximate surface area is 220 Å². The summed E-state index contributed by atoms with van der Waals surface area (Å²) in [6, 6.07) is 12.7. The fraction of sp³-hybridized carbons (Fsp3) is 0.370. The van der Waals surface area contributed by atoms with Crippen molar-refractivity contribution >= 4 is 40.1 Å². The molecule has 3 aromatic rings. The van der Waals surface area contributed by atoms with Crippen LogP contribution in [0.4, 0.5) is 5.69 Å². The first-order chi connectivity index (χ1) is 17.8. The molecule has 0 saturated carbocycles. The first-order valence-electron chi connectivity index (χ1n) is 12.3. The van der Waals surface area contributed by atoms with Crippen molar-refractivity contribution in [2.45, 2.75) is 19.9 Å². The second kappa shape index (κ2) is 11.8. The Morgan fingerprint density at radius 2 is 1.76 bits per heavy atom. The van der Waals surface area contributed by atoms with Gasteiger partial charge in [-0.2, -0.15) is 0 Å². The number of anilines is 1. The summed E-state index contributed by atoms with van der Waals surface area (Å²) in [4.78, 5) is 43.5. The maximum Gasteiger partial charge on any atom is 0.345 e. The average Bonchev–Trinajstić information content (AvgIpc) is 2.91. The second-order valence-electron chi connectivity index (χ2n) is 9.01. The van der Waals surface area contributed by atoms with Crippen LogP contribution in [0.3, 0.4) is 0 Å². The third kappa shape index (κ3) is 5.64. The fourth-order valence-electron chi connectivity index (χ4n) is 4.75. The van der Waals surface area contributed by atoms with Gasteiger partial charge >= 0.3 is 5.97 Å². The van der Waals surface area contributed by atoms with Crippen molar-refractivity contribution < 1.29 is 14.3 Å². The van der Waals surface area contributed by atoms with Gasteiger partial charge in [0.25, 0.3) is 11.5 Å². The molecule has 0 atom stereocenters. The van der Waals surface area contributed by atoms with Crippen molar-refractivity contribution in [3.63, 3.8) is 0 Å². The molecule has 196 valence electrons. The van der Waals surface area contributed by atoms with Crippen LogP contribution in [-0.4, -0.2) is 68.2 Å². The zero-order chi connectivity index (χ0) is 26.5. The fourth-order valence-corrected chi connectivity index (χ4v) is 4.88. The molecule has 9 nitrogen and oxygen atoms in total. The number of hydrogen-bond acceptors (Lipinski definition) is 7. The van der Waals surface area contributed by atoms with Gasteiger partial charge in [-0.25, -0.2) is 4.79 Å². The lowest BCUT2D eigenvalue weighted by molar-refractivity contribution is 0.0597. The Bertz CT molecular complexity index is 1350. The number of aromatic nitrogens is 1. The largest absolute Gasteiger partial charge is 0.465 e. The number of amides is 1. The monoisotopic (exact) mass is 525 g/mol. The summed E-state index contributed by atoms with van der Waals surface area (Å²) < 4.78 is 6.73. The molecule has 0 unspecified atom stereocenters. The van der Waals surface area contributed by atoms with Gasteiger partial charge in [-0.3, -0.25) is 20.4 Å². The lowest BCUT2D eigenvalue weighted by atomic mass is 10.0. The normalized spacial score (nSPS) is 13.7. The van der Waals surface area contributed by atoms with E-state index in [0.717, 1.165) is 16.5 Å². The van der Waals surface area contributed by atoms with Crippen LogP contribution in [-0.2, 0) is 11.3 Å². The number of esters is 1. The van der Waals surface area contributed by atoms with Crippen LogP contribution in [0.5, 0.6) is 0 Å². The molecule has 37 heavy (non-hydrogen) atoms. The van der Waals surface area contributed by atoms with Crippen molar-refractivity contribution in [3.8, 4) is 0 Å². The molecule has 4 rings (SSSR count). The lowest BCUT2D eigenvalue weighted by Crippen LogP contribution is -2.49. The molecule has 1 aliphatic rings. The number of halogens is 1. The first-order valence-corrected chi connectivity index (χ1v) is 12.7. The average molecular weight is 526 g/mol. The number of hydrazine groups is 1. The molecular weight excluding hydrogens is 494 g/mol. The summed E-state index contributed by atoms with van der Waals surface area (Å²) in [7, 11) is 3.08. The van der Waals surface area contributed by atoms with Crippen LogP contribution < -0.4 is 21.3 Å². The summed E-state index contributed by atoms with van der Waals surface area (Å²) in [6.07, 6.45) is 0.690. The van der Waals surface area contributed by atoms with E-state index in [0.29, 0.717) is 62.0 Å². The molecule has 1 amide bonds. The zero-order valence-corrected chi connectivity index (χ0v) is 22.1. The summed E-state index contributed by atoms with van der Waals surface area (Å²) in [5, 5.41) is 1.39. The second-order valence-corrected chi connectivity index (χ2v) is 9.45. The third-order valence-electron chi connectivity index (χ3n) is 6.62. The Hall–Kier alpha value is -3.40. The zero-order valence-electron chi connectivity index (χ0n) is 21.3. The number of carbonyl (C=O) groups is 2. The van der Waals surface area contributed by atoms with E-state index in [4.69, 9.17) is 16.3 Å². The third-order valence-corrected chi connectivity index (χ3v) is 6.87. The smallest absolute Gasteiger partial charge is 0.345 e. The molecule has 0 bridgehead atoms. The Morgan fingerprint density at radius 1 is 1.05 bits per heavy atom. The van der Waals surface area contributed by atoms with Crippen molar-refractivity contribution in [2.75, 3.05) is 51.8 Å². The van der Waals surface area contributed by atoms with Gasteiger partial charge in [-0.15, -0.1) is 0 Å². The number of aryl methyl sites for hydroxylation is 2. The number of pyridine rings is 1. The highest BCUT2D eigenvalue weighted by atomic mass is 35.5. The van der Waals surface area contributed by atoms with Gasteiger partial charge in [-0.1, -0.05) is 23.2 Å². The molecular formula is C27H32ClN5O4. The van der Waals surface area contributed by atoms with E-state index in [2.05, 4.69) is 10.9 Å². The molecule has 1 aliphatic heterocycles. The molecule has 2 N–H and O–H groups in total. The van der Waals surface area contributed by atoms with E-state index in [1.54, 1.807) is 40.8 Å². The van der Waals surface area contributed by atoms with Crippen molar-refractivity contribution in [1.29, 1.82) is 0 Å². The topological polar surface area (TPSA) is 95.9 Å². The van der Waals surface area contributed by atoms with Crippen LogP contribution in [0.15, 0.2) is 47.3 Å². The predicted octanol–water partition coefficient (Wildman–Crippen LogP) is 2.83. The highest BCUT2D eigenvalue weighted by molar-refractivity contribution is 6.30. The highest BCUT2D eigenvalue weighted by Gasteiger charge is 2.30. The molecule has 2 aromatic carbocycles. The standard InChI is InChI=1S/C27H32ClN5O4/c1-18-5-10-22-21(17-18)24(23(27(36)37-3)26(35)33(22)12-4-11-30-29-2)31-13-15-32(16-14-31)25(34)19-6-8-20(28)9-7-19/h5-10,17,29-30H,4,11-16H2,1-3H3. The molecule has 1 saturated heterocycles. The minimum atomic E-state index is -0.662. The van der Waals surface area contributed by atoms with E-state index < -0.39 is 5.97 Å². The number of fused-ring (bicyclic) bond motifs is 1. The van der Waals surface area contributed by atoms with Gasteiger partial charge in [0, 0.05) is 55.2 Å². The van der Waals surface area contributed by atoms with Crippen LogP contribution in [0, 0.1) is 6.92 Å². The van der Waals surface area contributed by atoms with E-state index in [1.807, 2.05) is 30.0 Å². The van der Waals surface area contributed by atoms with Crippen molar-refractivity contribution in [2.24, 2.45) is 0 Å². The maximum absolute atomic E-state index is 13.7. The molecule has 1 fully saturated rings. The number of benzene rings is 2. The van der Waals surface area contributed by atoms with Crippen molar-refractivity contribution in [3.05, 3.63) is 74.5 Å². The van der Waals surface area contributed by atoms with Gasteiger partial charge < -0.3 is 19.1 Å². The summed E-state index contributed by atoms with van der Waals surface area (Å²) >= 11 is 5.96. The Morgan fingerprint density at radius 3 is 2.41 bits per heavy atom. The summed E-state index contributed by atoms with van der Waals surface area (Å²) in [6.45, 7) is 4.94. The minimum absolute atomic E-state index is 0.0275. The Kier molecular flexibility index (Phi) is 8.48. The van der Waals surface area contributed by atoms with Crippen LogP contribution in [0.25, 0.3) is 10.9 Å². The number of rotatable bonds is 8. The number of nitrogens with one attached hydrogen (secondary N) is 2. The van der Waals surface area contributed by atoms with Crippen molar-refractivity contribution in [1.82, 2.24) is 20.3 Å². The van der Waals surface area contributed by atoms with E-state index in [1.165, 1.54) is 7.11 Å². The number of ether oxygens (including phenoxy) is 1. The molecule has 0 radical (unpaired) electrons. The summed E-state index contributed by atoms with van der Waals surface area (Å²) in [5.41, 5.74) is 8.49. The molecule has 1 aromatic heterocycles. The first kappa shape index (κ1) is 26.7. The van der Waals surface area contributed by atoms with E-state index in [9.17, 15) is 14.4 Å². The van der Waals surface area contributed by atoms with Crippen LogP contribution in [0.2, 0.25) is 5.02 Å². The molecule has 0 spiro atoms. The number of carbonyl (C=O) groups excluding carboxylic acids is 2. The summed E-state index contributed by atoms with van der Waals surface area (Å²) in [5.74, 6) is -0.735. The van der Waals surface area contributed by atoms with E-state index in [-0.39, 0.29) is 17.0 Å². The molecule has 10 heteroatoms. The number of hydrogen-bond donors (Lipinski definition) is 2. The molecule has 2 heterocycles. The minimum Gasteiger partial charge on any atom is -0.465 e. The van der Waals surface area contributed by atoms with Gasteiger partial charge in [0.15, 0.2) is 0 Å². The predicted molar refractivity (Wildman–Crippen MR) is 146 cm³/mol. The number of methoxy groups -OCH3 is 1. The number of piperazine rings is 1. The SMILES string of the molecule is CNNCCCn1c(=O)c(C(=O)OC)c(N2CCN(C(=O)c3ccc(Cl)cc3)CC2)c2cc(C)ccc21. The number of nitrogens with zero attached hydrogens (tertiary/aromatic N) is 3. The van der Waals surface area contributed by atoms with Crippen LogP contribution in [0.1, 0.15) is 32.7 Å². The van der Waals surface area contributed by atoms with Gasteiger partial charge in [-0.05, 0) is 56.8 Å². The quantitative estimate of drug-likeness (QED) is 0.265. The van der Waals surface area contributed by atoms with Gasteiger partial charge in [0.05, 0.1) is 18.3 Å². The maximum atomic E-state index is 13.7. The van der Waals surface area contributed by atoms with Gasteiger partial charge in [0.2, 0.25) is 0 Å². The lowest BCUT2D eigenvalue weighted by Gasteiger charge is -2.37. The molecule has 0 aliphatic carbocycles. The van der Waals surface area contributed by atoms with E-state index >= 15 is 0 Å². The van der Waals surface area contributed by atoms with Gasteiger partial charge in [0.1, 0.15) is 5.56 Å². The highest BCUT2D eigenvalue weighted by Crippen LogP contribution is 2.31. The Balaban J connectivity index is 1.71. The van der Waals surface area contributed by atoms with Crippen LogP contribution >= 0.6 is 11.6 Å².